The molecule has 4 heteroatoms. The lowest BCUT2D eigenvalue weighted by atomic mass is 9.74. The summed E-state index contributed by atoms with van der Waals surface area (Å²) in [6.07, 6.45) is 10.3. The minimum Gasteiger partial charge on any atom is -0.478 e. The third kappa shape index (κ3) is 7.30. The number of esters is 1. The van der Waals surface area contributed by atoms with Crippen molar-refractivity contribution < 1.29 is 19.4 Å². The summed E-state index contributed by atoms with van der Waals surface area (Å²) in [6.45, 7) is 5.01. The third-order valence-corrected chi connectivity index (χ3v) is 4.70. The van der Waals surface area contributed by atoms with Crippen molar-refractivity contribution in [2.45, 2.75) is 58.8 Å². The summed E-state index contributed by atoms with van der Waals surface area (Å²) in [6, 6.07) is 0. The lowest BCUT2D eigenvalue weighted by molar-refractivity contribution is -0.138. The zero-order valence-electron chi connectivity index (χ0n) is 13.2. The van der Waals surface area contributed by atoms with Crippen LogP contribution in [0.1, 0.15) is 58.8 Å². The number of carbonyl (C=O) groups is 2. The van der Waals surface area contributed by atoms with Gasteiger partial charge in [0, 0.05) is 12.2 Å². The standard InChI is InChI=1S/C17H28O4/c1-3-13(2)15-8-6-14(7-9-15)5-4-12-21-17(20)11-10-16(18)19/h10-11,13-15H,3-9,12H2,1-2H3,(H,18,19)/b11-10+. The van der Waals surface area contributed by atoms with Gasteiger partial charge in [-0.2, -0.15) is 0 Å². The van der Waals surface area contributed by atoms with Crippen LogP contribution < -0.4 is 0 Å². The molecule has 1 unspecified atom stereocenters. The number of hydrogen-bond acceptors (Lipinski definition) is 3. The molecule has 0 aromatic heterocycles. The van der Waals surface area contributed by atoms with E-state index in [0.29, 0.717) is 6.61 Å². The van der Waals surface area contributed by atoms with Crippen molar-refractivity contribution in [1.82, 2.24) is 0 Å². The molecule has 1 atom stereocenters. The second kappa shape index (κ2) is 9.59. The first kappa shape index (κ1) is 17.7. The Morgan fingerprint density at radius 2 is 1.90 bits per heavy atom. The molecule has 1 rings (SSSR count). The van der Waals surface area contributed by atoms with Gasteiger partial charge in [0.1, 0.15) is 0 Å². The molecular formula is C17H28O4. The summed E-state index contributed by atoms with van der Waals surface area (Å²) in [4.78, 5) is 21.4. The first-order valence-electron chi connectivity index (χ1n) is 8.10. The second-order valence-corrected chi connectivity index (χ2v) is 6.15. The highest BCUT2D eigenvalue weighted by molar-refractivity contribution is 5.90. The van der Waals surface area contributed by atoms with Crippen molar-refractivity contribution in [3.05, 3.63) is 12.2 Å². The van der Waals surface area contributed by atoms with Gasteiger partial charge < -0.3 is 9.84 Å². The van der Waals surface area contributed by atoms with Crippen molar-refractivity contribution in [2.75, 3.05) is 6.61 Å². The monoisotopic (exact) mass is 296 g/mol. The maximum absolute atomic E-state index is 11.2. The van der Waals surface area contributed by atoms with Crippen LogP contribution in [0.5, 0.6) is 0 Å². The van der Waals surface area contributed by atoms with Crippen LogP contribution in [0.4, 0.5) is 0 Å². The van der Waals surface area contributed by atoms with E-state index < -0.39 is 11.9 Å². The molecule has 1 saturated carbocycles. The molecule has 0 bridgehead atoms. The molecule has 120 valence electrons. The maximum atomic E-state index is 11.2. The van der Waals surface area contributed by atoms with Crippen molar-refractivity contribution in [1.29, 1.82) is 0 Å². The lowest BCUT2D eigenvalue weighted by Gasteiger charge is -2.31. The summed E-state index contributed by atoms with van der Waals surface area (Å²) in [5, 5.41) is 8.39. The minimum absolute atomic E-state index is 0.383. The Hall–Kier alpha value is -1.32. The van der Waals surface area contributed by atoms with Gasteiger partial charge in [0.25, 0.3) is 0 Å². The zero-order valence-corrected chi connectivity index (χ0v) is 13.2. The molecule has 0 aromatic rings. The molecule has 0 radical (unpaired) electrons. The van der Waals surface area contributed by atoms with Crippen LogP contribution in [0.15, 0.2) is 12.2 Å². The van der Waals surface area contributed by atoms with E-state index in [-0.39, 0.29) is 0 Å². The normalized spacial score (nSPS) is 23.9. The zero-order chi connectivity index (χ0) is 15.7. The summed E-state index contributed by atoms with van der Waals surface area (Å²) in [5.74, 6) is 0.791. The fourth-order valence-corrected chi connectivity index (χ4v) is 3.11. The molecule has 1 aliphatic carbocycles. The second-order valence-electron chi connectivity index (χ2n) is 6.15. The Morgan fingerprint density at radius 1 is 1.24 bits per heavy atom. The van der Waals surface area contributed by atoms with Gasteiger partial charge in [-0.25, -0.2) is 9.59 Å². The van der Waals surface area contributed by atoms with Crippen molar-refractivity contribution in [3.8, 4) is 0 Å². The quantitative estimate of drug-likeness (QED) is 0.420. The van der Waals surface area contributed by atoms with E-state index in [1.165, 1.54) is 32.1 Å². The van der Waals surface area contributed by atoms with E-state index in [2.05, 4.69) is 13.8 Å². The topological polar surface area (TPSA) is 63.6 Å². The fourth-order valence-electron chi connectivity index (χ4n) is 3.11. The van der Waals surface area contributed by atoms with Crippen molar-refractivity contribution in [2.24, 2.45) is 17.8 Å². The first-order valence-corrected chi connectivity index (χ1v) is 8.10. The molecule has 1 fully saturated rings. The summed E-state index contributed by atoms with van der Waals surface area (Å²) < 4.78 is 4.97. The number of rotatable bonds is 8. The molecule has 1 N–H and O–H groups in total. The van der Waals surface area contributed by atoms with Crippen molar-refractivity contribution >= 4 is 11.9 Å². The molecular weight excluding hydrogens is 268 g/mol. The lowest BCUT2D eigenvalue weighted by Crippen LogP contribution is -2.20. The van der Waals surface area contributed by atoms with Crippen LogP contribution in [0.25, 0.3) is 0 Å². The predicted molar refractivity (Wildman–Crippen MR) is 81.9 cm³/mol. The molecule has 0 amide bonds. The largest absolute Gasteiger partial charge is 0.478 e. The average molecular weight is 296 g/mol. The van der Waals surface area contributed by atoms with E-state index in [0.717, 1.165) is 42.7 Å². The minimum atomic E-state index is -1.13. The molecule has 0 heterocycles. The number of aliphatic carboxylic acids is 1. The number of carboxylic acids is 1. The van der Waals surface area contributed by atoms with Gasteiger partial charge in [-0.15, -0.1) is 0 Å². The van der Waals surface area contributed by atoms with Crippen LogP contribution in [0.3, 0.4) is 0 Å². The van der Waals surface area contributed by atoms with E-state index in [1.54, 1.807) is 0 Å². The molecule has 0 spiro atoms. The smallest absolute Gasteiger partial charge is 0.331 e. The highest BCUT2D eigenvalue weighted by Gasteiger charge is 2.23. The van der Waals surface area contributed by atoms with Gasteiger partial charge in [0.15, 0.2) is 0 Å². The Labute approximate surface area is 127 Å². The third-order valence-electron chi connectivity index (χ3n) is 4.70. The Kier molecular flexibility index (Phi) is 8.09. The van der Waals surface area contributed by atoms with Gasteiger partial charge in [0.2, 0.25) is 0 Å². The van der Waals surface area contributed by atoms with E-state index >= 15 is 0 Å². The highest BCUT2D eigenvalue weighted by Crippen LogP contribution is 2.36. The van der Waals surface area contributed by atoms with Crippen LogP contribution in [-0.2, 0) is 14.3 Å². The first-order chi connectivity index (χ1) is 10.0. The summed E-state index contributed by atoms with van der Waals surface area (Å²) in [7, 11) is 0. The summed E-state index contributed by atoms with van der Waals surface area (Å²) >= 11 is 0. The van der Waals surface area contributed by atoms with E-state index in [1.807, 2.05) is 0 Å². The van der Waals surface area contributed by atoms with Crippen LogP contribution >= 0.6 is 0 Å². The highest BCUT2D eigenvalue weighted by atomic mass is 16.5. The Balaban J connectivity index is 2.09. The Bertz CT molecular complexity index is 354. The van der Waals surface area contributed by atoms with Gasteiger partial charge in [-0.05, 0) is 43.4 Å². The number of carbonyl (C=O) groups excluding carboxylic acids is 1. The van der Waals surface area contributed by atoms with Crippen LogP contribution in [0, 0.1) is 17.8 Å². The summed E-state index contributed by atoms with van der Waals surface area (Å²) in [5.41, 5.74) is 0. The number of carboxylic acid groups (broad SMARTS) is 1. The molecule has 1 aliphatic rings. The van der Waals surface area contributed by atoms with Gasteiger partial charge in [-0.3, -0.25) is 0 Å². The fraction of sp³-hybridized carbons (Fsp3) is 0.765. The molecule has 0 saturated heterocycles. The van der Waals surface area contributed by atoms with Gasteiger partial charge in [-0.1, -0.05) is 33.1 Å². The predicted octanol–water partition coefficient (Wildman–Crippen LogP) is 3.80. The van der Waals surface area contributed by atoms with Gasteiger partial charge in [0.05, 0.1) is 6.61 Å². The number of hydrogen-bond donors (Lipinski definition) is 1. The molecule has 4 nitrogen and oxygen atoms in total. The van der Waals surface area contributed by atoms with Crippen LogP contribution in [0.2, 0.25) is 0 Å². The van der Waals surface area contributed by atoms with Crippen LogP contribution in [-0.4, -0.2) is 23.7 Å². The maximum Gasteiger partial charge on any atom is 0.331 e. The molecule has 0 aromatic carbocycles. The molecule has 21 heavy (non-hydrogen) atoms. The average Bonchev–Trinajstić information content (AvgIpc) is 2.49. The molecule has 0 aliphatic heterocycles. The van der Waals surface area contributed by atoms with Crippen molar-refractivity contribution in [3.63, 3.8) is 0 Å². The SMILES string of the molecule is CCC(C)C1CCC(CCCOC(=O)/C=C/C(=O)O)CC1. The van der Waals surface area contributed by atoms with E-state index in [4.69, 9.17) is 9.84 Å². The van der Waals surface area contributed by atoms with Gasteiger partial charge >= 0.3 is 11.9 Å². The number of ether oxygens (including phenoxy) is 1. The Morgan fingerprint density at radius 3 is 2.48 bits per heavy atom. The van der Waals surface area contributed by atoms with E-state index in [9.17, 15) is 9.59 Å².